The number of hydrogen-bond acceptors (Lipinski definition) is 2. The van der Waals surface area contributed by atoms with Crippen molar-refractivity contribution >= 4 is 5.91 Å². The Kier molecular flexibility index (Phi) is 4.08. The lowest BCUT2D eigenvalue weighted by Crippen LogP contribution is -2.50. The predicted molar refractivity (Wildman–Crippen MR) is 69.9 cm³/mol. The van der Waals surface area contributed by atoms with Crippen LogP contribution in [0.2, 0.25) is 0 Å². The van der Waals surface area contributed by atoms with Crippen molar-refractivity contribution in [2.75, 3.05) is 14.1 Å². The second-order valence-electron chi connectivity index (χ2n) is 5.86. The van der Waals surface area contributed by atoms with E-state index >= 15 is 0 Å². The predicted octanol–water partition coefficient (Wildman–Crippen LogP) is 2.31. The van der Waals surface area contributed by atoms with Gasteiger partial charge in [0.2, 0.25) is 5.91 Å². The van der Waals surface area contributed by atoms with Gasteiger partial charge >= 0.3 is 0 Å². The number of nitrogens with one attached hydrogen (secondary N) is 1. The maximum Gasteiger partial charge on any atom is 0.224 e. The average molecular weight is 238 g/mol. The maximum absolute atomic E-state index is 12.3. The normalized spacial score (nSPS) is 24.1. The van der Waals surface area contributed by atoms with E-state index in [2.05, 4.69) is 5.32 Å². The number of carbonyl (C=O) groups excluding carboxylic acids is 1. The lowest BCUT2D eigenvalue weighted by atomic mass is 9.78. The Balaban J connectivity index is 1.90. The van der Waals surface area contributed by atoms with Crippen LogP contribution >= 0.6 is 0 Å². The van der Waals surface area contributed by atoms with Crippen LogP contribution in [-0.4, -0.2) is 36.5 Å². The first-order valence-corrected chi connectivity index (χ1v) is 7.11. The van der Waals surface area contributed by atoms with Gasteiger partial charge in [0.25, 0.3) is 0 Å². The fourth-order valence-corrected chi connectivity index (χ4v) is 3.14. The molecule has 0 bridgehead atoms. The number of carbonyl (C=O) groups is 1. The van der Waals surface area contributed by atoms with Crippen LogP contribution < -0.4 is 5.32 Å². The van der Waals surface area contributed by atoms with Gasteiger partial charge in [-0.3, -0.25) is 4.79 Å². The SMILES string of the molecule is CNC1(CC(=O)N(C)C2CCC2)CCCCC1. The molecule has 0 saturated heterocycles. The van der Waals surface area contributed by atoms with Crippen LogP contribution in [0.4, 0.5) is 0 Å². The van der Waals surface area contributed by atoms with Crippen molar-refractivity contribution in [2.45, 2.75) is 69.4 Å². The van der Waals surface area contributed by atoms with Crippen LogP contribution in [0.3, 0.4) is 0 Å². The van der Waals surface area contributed by atoms with E-state index in [1.807, 2.05) is 19.0 Å². The van der Waals surface area contributed by atoms with Crippen molar-refractivity contribution in [3.63, 3.8) is 0 Å². The molecule has 3 nitrogen and oxygen atoms in total. The molecule has 0 heterocycles. The Morgan fingerprint density at radius 1 is 1.24 bits per heavy atom. The summed E-state index contributed by atoms with van der Waals surface area (Å²) in [5.41, 5.74) is 0.0906. The number of hydrogen-bond donors (Lipinski definition) is 1. The molecule has 0 aliphatic heterocycles. The van der Waals surface area contributed by atoms with Gasteiger partial charge in [-0.25, -0.2) is 0 Å². The third-order valence-corrected chi connectivity index (χ3v) is 4.85. The molecular formula is C14H26N2O. The molecule has 2 saturated carbocycles. The molecule has 0 aromatic heterocycles. The highest BCUT2D eigenvalue weighted by Gasteiger charge is 2.35. The molecule has 17 heavy (non-hydrogen) atoms. The minimum atomic E-state index is 0.0906. The molecule has 2 fully saturated rings. The number of nitrogens with zero attached hydrogens (tertiary/aromatic N) is 1. The third kappa shape index (κ3) is 2.82. The van der Waals surface area contributed by atoms with E-state index in [1.54, 1.807) is 0 Å². The molecule has 3 heteroatoms. The van der Waals surface area contributed by atoms with Gasteiger partial charge in [-0.05, 0) is 39.2 Å². The van der Waals surface area contributed by atoms with Gasteiger partial charge in [0.1, 0.15) is 0 Å². The molecule has 0 spiro atoms. The van der Waals surface area contributed by atoms with Crippen LogP contribution in [0.1, 0.15) is 57.8 Å². The summed E-state index contributed by atoms with van der Waals surface area (Å²) in [5, 5.41) is 3.43. The van der Waals surface area contributed by atoms with Gasteiger partial charge in [0.05, 0.1) is 0 Å². The maximum atomic E-state index is 12.3. The van der Waals surface area contributed by atoms with Crippen molar-refractivity contribution < 1.29 is 4.79 Å². The third-order valence-electron chi connectivity index (χ3n) is 4.85. The molecule has 2 aliphatic rings. The van der Waals surface area contributed by atoms with E-state index < -0.39 is 0 Å². The largest absolute Gasteiger partial charge is 0.343 e. The zero-order chi connectivity index (χ0) is 12.3. The summed E-state index contributed by atoms with van der Waals surface area (Å²) in [4.78, 5) is 14.3. The summed E-state index contributed by atoms with van der Waals surface area (Å²) >= 11 is 0. The Labute approximate surface area is 105 Å². The first kappa shape index (κ1) is 12.9. The van der Waals surface area contributed by atoms with Crippen LogP contribution in [0.5, 0.6) is 0 Å². The Morgan fingerprint density at radius 2 is 1.88 bits per heavy atom. The quantitative estimate of drug-likeness (QED) is 0.815. The minimum Gasteiger partial charge on any atom is -0.343 e. The van der Waals surface area contributed by atoms with Crippen LogP contribution in [0, 0.1) is 0 Å². The summed E-state index contributed by atoms with van der Waals surface area (Å²) < 4.78 is 0. The monoisotopic (exact) mass is 238 g/mol. The smallest absolute Gasteiger partial charge is 0.224 e. The van der Waals surface area contributed by atoms with Gasteiger partial charge in [-0.2, -0.15) is 0 Å². The Hall–Kier alpha value is -0.570. The zero-order valence-corrected chi connectivity index (χ0v) is 11.3. The topological polar surface area (TPSA) is 32.3 Å². The lowest BCUT2D eigenvalue weighted by Gasteiger charge is -2.40. The standard InChI is InChI=1S/C14H26N2O/c1-15-14(9-4-3-5-10-14)11-13(17)16(2)12-7-6-8-12/h12,15H,3-11H2,1-2H3. The van der Waals surface area contributed by atoms with Crippen LogP contribution in [0.25, 0.3) is 0 Å². The highest BCUT2D eigenvalue weighted by Crippen LogP contribution is 2.32. The highest BCUT2D eigenvalue weighted by atomic mass is 16.2. The molecule has 0 aromatic carbocycles. The summed E-state index contributed by atoms with van der Waals surface area (Å²) in [6, 6.07) is 0.528. The van der Waals surface area contributed by atoms with E-state index in [4.69, 9.17) is 0 Å². The highest BCUT2D eigenvalue weighted by molar-refractivity contribution is 5.77. The van der Waals surface area contributed by atoms with Crippen LogP contribution in [0.15, 0.2) is 0 Å². The Bertz CT molecular complexity index is 267. The van der Waals surface area contributed by atoms with Crippen molar-refractivity contribution in [3.05, 3.63) is 0 Å². The number of rotatable bonds is 4. The molecule has 1 N–H and O–H groups in total. The van der Waals surface area contributed by atoms with E-state index in [1.165, 1.54) is 38.5 Å². The van der Waals surface area contributed by atoms with Crippen LogP contribution in [-0.2, 0) is 4.79 Å². The average Bonchev–Trinajstić information content (AvgIpc) is 2.28. The van der Waals surface area contributed by atoms with Crippen molar-refractivity contribution in [3.8, 4) is 0 Å². The molecule has 2 aliphatic carbocycles. The van der Waals surface area contributed by atoms with Gasteiger partial charge in [0.15, 0.2) is 0 Å². The lowest BCUT2D eigenvalue weighted by molar-refractivity contribution is -0.135. The minimum absolute atomic E-state index is 0.0906. The molecule has 1 amide bonds. The fraction of sp³-hybridized carbons (Fsp3) is 0.929. The van der Waals surface area contributed by atoms with Gasteiger partial charge in [-0.1, -0.05) is 19.3 Å². The molecule has 0 radical (unpaired) electrons. The molecule has 98 valence electrons. The molecule has 0 atom stereocenters. The first-order valence-electron chi connectivity index (χ1n) is 7.11. The summed E-state index contributed by atoms with van der Waals surface area (Å²) in [6.45, 7) is 0. The first-order chi connectivity index (χ1) is 8.17. The molecular weight excluding hydrogens is 212 g/mol. The summed E-state index contributed by atoms with van der Waals surface area (Å²) in [7, 11) is 4.00. The van der Waals surface area contributed by atoms with Gasteiger partial charge in [-0.15, -0.1) is 0 Å². The van der Waals surface area contributed by atoms with E-state index in [0.29, 0.717) is 18.4 Å². The van der Waals surface area contributed by atoms with Crippen molar-refractivity contribution in [2.24, 2.45) is 0 Å². The van der Waals surface area contributed by atoms with Crippen molar-refractivity contribution in [1.82, 2.24) is 10.2 Å². The second-order valence-corrected chi connectivity index (χ2v) is 5.86. The fourth-order valence-electron chi connectivity index (χ4n) is 3.14. The van der Waals surface area contributed by atoms with E-state index in [0.717, 1.165) is 12.8 Å². The van der Waals surface area contributed by atoms with E-state index in [9.17, 15) is 4.79 Å². The molecule has 2 rings (SSSR count). The summed E-state index contributed by atoms with van der Waals surface area (Å²) in [6.07, 6.45) is 10.6. The Morgan fingerprint density at radius 3 is 2.35 bits per heavy atom. The molecule has 0 aromatic rings. The summed E-state index contributed by atoms with van der Waals surface area (Å²) in [5.74, 6) is 0.339. The van der Waals surface area contributed by atoms with E-state index in [-0.39, 0.29) is 5.54 Å². The van der Waals surface area contributed by atoms with Gasteiger partial charge < -0.3 is 10.2 Å². The second kappa shape index (κ2) is 5.38. The zero-order valence-electron chi connectivity index (χ0n) is 11.3. The molecule has 0 unspecified atom stereocenters. The van der Waals surface area contributed by atoms with Crippen molar-refractivity contribution in [1.29, 1.82) is 0 Å². The van der Waals surface area contributed by atoms with Gasteiger partial charge in [0, 0.05) is 25.0 Å². The number of amides is 1.